The van der Waals surface area contributed by atoms with E-state index < -0.39 is 0 Å². The molecule has 4 nitrogen and oxygen atoms in total. The highest BCUT2D eigenvalue weighted by atomic mass is 15.3. The summed E-state index contributed by atoms with van der Waals surface area (Å²) in [5.74, 6) is 0. The van der Waals surface area contributed by atoms with E-state index in [-0.39, 0.29) is 5.54 Å². The van der Waals surface area contributed by atoms with Crippen molar-refractivity contribution in [2.24, 2.45) is 0 Å². The van der Waals surface area contributed by atoms with Gasteiger partial charge in [-0.25, -0.2) is 0 Å². The summed E-state index contributed by atoms with van der Waals surface area (Å²) < 4.78 is 2.19. The summed E-state index contributed by atoms with van der Waals surface area (Å²) in [6.07, 6.45) is 6.91. The Bertz CT molecular complexity index is 422. The molecular formula is C17H32N4. The second kappa shape index (κ2) is 7.41. The van der Waals surface area contributed by atoms with Crippen molar-refractivity contribution in [3.8, 4) is 0 Å². The first kappa shape index (κ1) is 16.5. The summed E-state index contributed by atoms with van der Waals surface area (Å²) in [5.41, 5.74) is 1.51. The summed E-state index contributed by atoms with van der Waals surface area (Å²) in [7, 11) is 0. The largest absolute Gasteiger partial charge is 0.307 e. The normalized spacial score (nSPS) is 20.6. The minimum Gasteiger partial charge on any atom is -0.307 e. The van der Waals surface area contributed by atoms with Crippen LogP contribution in [0.25, 0.3) is 0 Å². The van der Waals surface area contributed by atoms with Crippen LogP contribution >= 0.6 is 0 Å². The van der Waals surface area contributed by atoms with E-state index in [1.54, 1.807) is 0 Å². The van der Waals surface area contributed by atoms with Crippen LogP contribution in [-0.4, -0.2) is 39.9 Å². The van der Waals surface area contributed by atoms with Crippen molar-refractivity contribution >= 4 is 0 Å². The van der Waals surface area contributed by atoms with Gasteiger partial charge in [0.05, 0.1) is 11.7 Å². The van der Waals surface area contributed by atoms with Crippen LogP contribution in [-0.2, 0) is 6.54 Å². The maximum absolute atomic E-state index is 4.54. The average Bonchev–Trinajstić information content (AvgIpc) is 3.16. The van der Waals surface area contributed by atoms with E-state index in [2.05, 4.69) is 53.8 Å². The number of nitrogens with one attached hydrogen (secondary N) is 1. The predicted octanol–water partition coefficient (Wildman–Crippen LogP) is 3.21. The van der Waals surface area contributed by atoms with Crippen molar-refractivity contribution in [3.05, 3.63) is 18.0 Å². The molecule has 0 amide bonds. The van der Waals surface area contributed by atoms with E-state index in [4.69, 9.17) is 0 Å². The number of hydrogen-bond acceptors (Lipinski definition) is 3. The zero-order valence-electron chi connectivity index (χ0n) is 14.2. The maximum Gasteiger partial charge on any atom is 0.0676 e. The molecule has 2 unspecified atom stereocenters. The summed E-state index contributed by atoms with van der Waals surface area (Å²) in [5, 5.41) is 8.29. The lowest BCUT2D eigenvalue weighted by molar-refractivity contribution is 0.0807. The van der Waals surface area contributed by atoms with Gasteiger partial charge in [0.25, 0.3) is 0 Å². The third-order valence-corrected chi connectivity index (χ3v) is 5.05. The summed E-state index contributed by atoms with van der Waals surface area (Å²) >= 11 is 0. The molecule has 0 aromatic carbocycles. The molecule has 0 radical (unpaired) electrons. The van der Waals surface area contributed by atoms with Crippen molar-refractivity contribution in [3.63, 3.8) is 0 Å². The molecule has 120 valence electrons. The molecule has 0 spiro atoms. The molecule has 1 saturated heterocycles. The van der Waals surface area contributed by atoms with E-state index in [0.29, 0.717) is 6.04 Å². The van der Waals surface area contributed by atoms with Gasteiger partial charge in [0.15, 0.2) is 0 Å². The Balaban J connectivity index is 2.33. The van der Waals surface area contributed by atoms with Crippen LogP contribution in [0.2, 0.25) is 0 Å². The molecule has 21 heavy (non-hydrogen) atoms. The minimum atomic E-state index is 0.165. The Hall–Kier alpha value is -0.870. The number of aryl methyl sites for hydroxylation is 1. The van der Waals surface area contributed by atoms with Gasteiger partial charge >= 0.3 is 0 Å². The summed E-state index contributed by atoms with van der Waals surface area (Å²) in [4.78, 5) is 2.68. The van der Waals surface area contributed by atoms with E-state index in [1.165, 1.54) is 31.6 Å². The Morgan fingerprint density at radius 2 is 2.00 bits per heavy atom. The quantitative estimate of drug-likeness (QED) is 0.798. The molecule has 4 heteroatoms. The van der Waals surface area contributed by atoms with Gasteiger partial charge in [-0.3, -0.25) is 9.58 Å². The van der Waals surface area contributed by atoms with Crippen LogP contribution in [0.1, 0.15) is 65.1 Å². The molecule has 1 aromatic heterocycles. The molecular weight excluding hydrogens is 260 g/mol. The van der Waals surface area contributed by atoms with Crippen LogP contribution < -0.4 is 5.32 Å². The van der Waals surface area contributed by atoms with Gasteiger partial charge in [-0.05, 0) is 58.3 Å². The topological polar surface area (TPSA) is 33.1 Å². The molecule has 1 aromatic rings. The smallest absolute Gasteiger partial charge is 0.0676 e. The fourth-order valence-electron chi connectivity index (χ4n) is 3.67. The SMILES string of the molecule is CCCn1nccc1C(NCC)C(C)(CC)N1CCCC1. The molecule has 1 aliphatic heterocycles. The molecule has 0 aliphatic carbocycles. The molecule has 0 bridgehead atoms. The minimum absolute atomic E-state index is 0.165. The Kier molecular flexibility index (Phi) is 5.82. The van der Waals surface area contributed by atoms with Crippen molar-refractivity contribution < 1.29 is 0 Å². The van der Waals surface area contributed by atoms with E-state index in [1.807, 2.05) is 6.20 Å². The number of likely N-dealkylation sites (tertiary alicyclic amines) is 1. The second-order valence-electron chi connectivity index (χ2n) is 6.37. The Morgan fingerprint density at radius 3 is 2.57 bits per heavy atom. The lowest BCUT2D eigenvalue weighted by Gasteiger charge is -2.45. The van der Waals surface area contributed by atoms with Crippen LogP contribution in [0.15, 0.2) is 12.3 Å². The molecule has 2 atom stereocenters. The van der Waals surface area contributed by atoms with Crippen molar-refractivity contribution in [2.45, 2.75) is 71.5 Å². The number of likely N-dealkylation sites (N-methyl/N-ethyl adjacent to an activating group) is 1. The zero-order chi connectivity index (χ0) is 15.3. The average molecular weight is 292 g/mol. The van der Waals surface area contributed by atoms with Gasteiger partial charge in [-0.15, -0.1) is 0 Å². The third kappa shape index (κ3) is 3.32. The lowest BCUT2D eigenvalue weighted by Crippen LogP contribution is -2.53. The third-order valence-electron chi connectivity index (χ3n) is 5.05. The standard InChI is InChI=1S/C17H32N4/c1-5-12-21-15(10-11-19-21)16(18-7-3)17(4,6-2)20-13-8-9-14-20/h10-11,16,18H,5-9,12-14H2,1-4H3. The first-order valence-electron chi connectivity index (χ1n) is 8.67. The van der Waals surface area contributed by atoms with E-state index in [9.17, 15) is 0 Å². The monoisotopic (exact) mass is 292 g/mol. The Labute approximate surface area is 129 Å². The van der Waals surface area contributed by atoms with Crippen LogP contribution in [0.5, 0.6) is 0 Å². The van der Waals surface area contributed by atoms with Gasteiger partial charge in [-0.2, -0.15) is 5.10 Å². The van der Waals surface area contributed by atoms with Crippen molar-refractivity contribution in [1.29, 1.82) is 0 Å². The van der Waals surface area contributed by atoms with Crippen molar-refractivity contribution in [2.75, 3.05) is 19.6 Å². The highest BCUT2D eigenvalue weighted by Gasteiger charge is 2.41. The summed E-state index contributed by atoms with van der Waals surface area (Å²) in [6.45, 7) is 13.6. The fourth-order valence-corrected chi connectivity index (χ4v) is 3.67. The number of rotatable bonds is 8. The fraction of sp³-hybridized carbons (Fsp3) is 0.824. The molecule has 2 rings (SSSR count). The van der Waals surface area contributed by atoms with Gasteiger partial charge < -0.3 is 5.32 Å². The van der Waals surface area contributed by atoms with Crippen LogP contribution in [0.3, 0.4) is 0 Å². The second-order valence-corrected chi connectivity index (χ2v) is 6.37. The van der Waals surface area contributed by atoms with E-state index >= 15 is 0 Å². The zero-order valence-corrected chi connectivity index (χ0v) is 14.2. The van der Waals surface area contributed by atoms with Gasteiger partial charge in [0, 0.05) is 18.3 Å². The van der Waals surface area contributed by atoms with Gasteiger partial charge in [0.2, 0.25) is 0 Å². The number of nitrogens with zero attached hydrogens (tertiary/aromatic N) is 3. The summed E-state index contributed by atoms with van der Waals surface area (Å²) in [6, 6.07) is 2.55. The van der Waals surface area contributed by atoms with Crippen LogP contribution in [0, 0.1) is 0 Å². The first-order valence-corrected chi connectivity index (χ1v) is 8.67. The highest BCUT2D eigenvalue weighted by Crippen LogP contribution is 2.36. The highest BCUT2D eigenvalue weighted by molar-refractivity contribution is 5.15. The molecule has 1 aliphatic rings. The predicted molar refractivity (Wildman–Crippen MR) is 88.4 cm³/mol. The molecule has 0 saturated carbocycles. The molecule has 1 fully saturated rings. The van der Waals surface area contributed by atoms with Gasteiger partial charge in [0.1, 0.15) is 0 Å². The lowest BCUT2D eigenvalue weighted by atomic mass is 9.85. The number of hydrogen-bond donors (Lipinski definition) is 1. The van der Waals surface area contributed by atoms with E-state index in [0.717, 1.165) is 25.9 Å². The Morgan fingerprint density at radius 1 is 1.29 bits per heavy atom. The first-order chi connectivity index (χ1) is 10.2. The molecule has 1 N–H and O–H groups in total. The maximum atomic E-state index is 4.54. The molecule has 2 heterocycles. The van der Waals surface area contributed by atoms with Crippen LogP contribution in [0.4, 0.5) is 0 Å². The van der Waals surface area contributed by atoms with Crippen molar-refractivity contribution in [1.82, 2.24) is 20.0 Å². The van der Waals surface area contributed by atoms with Gasteiger partial charge in [-0.1, -0.05) is 20.8 Å². The number of aromatic nitrogens is 2.